The fourth-order valence-electron chi connectivity index (χ4n) is 1.68. The number of halogens is 1. The number of aromatic nitrogens is 1. The maximum Gasteiger partial charge on any atom is 0.255 e. The van der Waals surface area contributed by atoms with Crippen LogP contribution in [0, 0.1) is 3.57 Å². The first-order valence-electron chi connectivity index (χ1n) is 5.77. The number of hydrogen-bond donors (Lipinski definition) is 2. The van der Waals surface area contributed by atoms with Gasteiger partial charge in [-0.2, -0.15) is 0 Å². The van der Waals surface area contributed by atoms with E-state index in [0.29, 0.717) is 0 Å². The van der Waals surface area contributed by atoms with E-state index in [-0.39, 0.29) is 23.3 Å². The van der Waals surface area contributed by atoms with Crippen molar-refractivity contribution in [1.29, 1.82) is 0 Å². The largest absolute Gasteiger partial charge is 0.507 e. The molecule has 98 valence electrons. The molecule has 2 rings (SSSR count). The Morgan fingerprint density at radius 3 is 2.89 bits per heavy atom. The van der Waals surface area contributed by atoms with Crippen LogP contribution in [0.25, 0.3) is 0 Å². The number of benzene rings is 1. The third-order valence-corrected chi connectivity index (χ3v) is 3.41. The molecule has 1 unspecified atom stereocenters. The predicted molar refractivity (Wildman–Crippen MR) is 80.9 cm³/mol. The Labute approximate surface area is 125 Å². The van der Waals surface area contributed by atoms with E-state index in [9.17, 15) is 9.90 Å². The molecule has 1 amide bonds. The number of amides is 1. The van der Waals surface area contributed by atoms with Crippen molar-refractivity contribution in [3.63, 3.8) is 0 Å². The summed E-state index contributed by atoms with van der Waals surface area (Å²) in [5.74, 6) is -0.316. The minimum absolute atomic E-state index is 0.0173. The Balaban J connectivity index is 2.15. The lowest BCUT2D eigenvalue weighted by Gasteiger charge is -2.14. The molecule has 0 radical (unpaired) electrons. The second-order valence-corrected chi connectivity index (χ2v) is 5.39. The molecule has 19 heavy (non-hydrogen) atoms. The lowest BCUT2D eigenvalue weighted by atomic mass is 10.1. The molecule has 1 aromatic heterocycles. The molecule has 0 fully saturated rings. The SMILES string of the molecule is CC(NC(=O)c1cc(I)ccc1O)c1cccnc1. The van der Waals surface area contributed by atoms with Gasteiger partial charge in [-0.3, -0.25) is 9.78 Å². The number of nitrogens with one attached hydrogen (secondary N) is 1. The topological polar surface area (TPSA) is 62.2 Å². The maximum atomic E-state index is 12.1. The van der Waals surface area contributed by atoms with E-state index in [1.807, 2.05) is 19.1 Å². The summed E-state index contributed by atoms with van der Waals surface area (Å²) in [7, 11) is 0. The van der Waals surface area contributed by atoms with Crippen LogP contribution in [0.5, 0.6) is 5.75 Å². The zero-order chi connectivity index (χ0) is 13.8. The minimum Gasteiger partial charge on any atom is -0.507 e. The van der Waals surface area contributed by atoms with Gasteiger partial charge in [-0.25, -0.2) is 0 Å². The van der Waals surface area contributed by atoms with Crippen molar-refractivity contribution in [2.45, 2.75) is 13.0 Å². The van der Waals surface area contributed by atoms with Crippen LogP contribution in [-0.2, 0) is 0 Å². The van der Waals surface area contributed by atoms with E-state index in [4.69, 9.17) is 0 Å². The summed E-state index contributed by atoms with van der Waals surface area (Å²) in [6.07, 6.45) is 3.39. The highest BCUT2D eigenvalue weighted by Gasteiger charge is 2.15. The molecule has 0 spiro atoms. The minimum atomic E-state index is -0.299. The third-order valence-electron chi connectivity index (χ3n) is 2.74. The van der Waals surface area contributed by atoms with Crippen LogP contribution in [0.15, 0.2) is 42.7 Å². The van der Waals surface area contributed by atoms with Crippen LogP contribution in [0.2, 0.25) is 0 Å². The van der Waals surface area contributed by atoms with E-state index in [1.165, 1.54) is 6.07 Å². The molecule has 1 heterocycles. The number of nitrogens with zero attached hydrogens (tertiary/aromatic N) is 1. The summed E-state index contributed by atoms with van der Waals surface area (Å²) >= 11 is 2.10. The number of pyridine rings is 1. The molecule has 0 bridgehead atoms. The number of phenolic OH excluding ortho intramolecular Hbond substituents is 1. The van der Waals surface area contributed by atoms with E-state index in [2.05, 4.69) is 32.9 Å². The zero-order valence-corrected chi connectivity index (χ0v) is 12.5. The lowest BCUT2D eigenvalue weighted by molar-refractivity contribution is 0.0937. The number of aromatic hydroxyl groups is 1. The summed E-state index contributed by atoms with van der Waals surface area (Å²) in [5, 5.41) is 12.6. The maximum absolute atomic E-state index is 12.1. The van der Waals surface area contributed by atoms with E-state index in [1.54, 1.807) is 24.5 Å². The summed E-state index contributed by atoms with van der Waals surface area (Å²) in [6, 6.07) is 8.47. The molecule has 0 aliphatic carbocycles. The predicted octanol–water partition coefficient (Wildman–Crippen LogP) is 2.88. The van der Waals surface area contributed by atoms with Crippen LogP contribution < -0.4 is 5.32 Å². The van der Waals surface area contributed by atoms with Crippen molar-refractivity contribution in [2.75, 3.05) is 0 Å². The van der Waals surface area contributed by atoms with E-state index < -0.39 is 0 Å². The van der Waals surface area contributed by atoms with Crippen molar-refractivity contribution in [3.8, 4) is 5.75 Å². The number of carbonyl (C=O) groups excluding carboxylic acids is 1. The fraction of sp³-hybridized carbons (Fsp3) is 0.143. The molecule has 5 heteroatoms. The normalized spacial score (nSPS) is 11.9. The highest BCUT2D eigenvalue weighted by atomic mass is 127. The first kappa shape index (κ1) is 13.8. The highest BCUT2D eigenvalue weighted by Crippen LogP contribution is 2.20. The molecule has 4 nitrogen and oxygen atoms in total. The second-order valence-electron chi connectivity index (χ2n) is 4.14. The van der Waals surface area contributed by atoms with Gasteiger partial charge in [0.15, 0.2) is 0 Å². The van der Waals surface area contributed by atoms with Crippen molar-refractivity contribution < 1.29 is 9.90 Å². The van der Waals surface area contributed by atoms with Crippen LogP contribution in [-0.4, -0.2) is 16.0 Å². The van der Waals surface area contributed by atoms with Gasteiger partial charge in [-0.1, -0.05) is 6.07 Å². The highest BCUT2D eigenvalue weighted by molar-refractivity contribution is 14.1. The van der Waals surface area contributed by atoms with Gasteiger partial charge >= 0.3 is 0 Å². The van der Waals surface area contributed by atoms with Crippen LogP contribution >= 0.6 is 22.6 Å². The average molecular weight is 368 g/mol. The van der Waals surface area contributed by atoms with Crippen LogP contribution in [0.3, 0.4) is 0 Å². The van der Waals surface area contributed by atoms with Crippen LogP contribution in [0.4, 0.5) is 0 Å². The Kier molecular flexibility index (Phi) is 4.36. The third kappa shape index (κ3) is 3.44. The summed E-state index contributed by atoms with van der Waals surface area (Å²) in [5.41, 5.74) is 1.20. The standard InChI is InChI=1S/C14H13IN2O2/c1-9(10-3-2-6-16-8-10)17-14(19)12-7-11(15)4-5-13(12)18/h2-9,18H,1H3,(H,17,19). The molecule has 2 N–H and O–H groups in total. The summed E-state index contributed by atoms with van der Waals surface area (Å²) in [6.45, 7) is 1.87. The van der Waals surface area contributed by atoms with Crippen molar-refractivity contribution in [2.24, 2.45) is 0 Å². The van der Waals surface area contributed by atoms with Gasteiger partial charge in [0, 0.05) is 16.0 Å². The zero-order valence-electron chi connectivity index (χ0n) is 10.3. The van der Waals surface area contributed by atoms with Gasteiger partial charge in [0.2, 0.25) is 0 Å². The quantitative estimate of drug-likeness (QED) is 0.820. The molecule has 0 aliphatic heterocycles. The van der Waals surface area contributed by atoms with Crippen molar-refractivity contribution >= 4 is 28.5 Å². The molecule has 0 aliphatic rings. The Morgan fingerprint density at radius 1 is 1.42 bits per heavy atom. The summed E-state index contributed by atoms with van der Waals surface area (Å²) < 4.78 is 0.898. The van der Waals surface area contributed by atoms with Gasteiger partial charge < -0.3 is 10.4 Å². The second kappa shape index (κ2) is 6.01. The first-order chi connectivity index (χ1) is 9.08. The smallest absolute Gasteiger partial charge is 0.255 e. The fourth-order valence-corrected chi connectivity index (χ4v) is 2.17. The van der Waals surface area contributed by atoms with Gasteiger partial charge in [-0.05, 0) is 59.3 Å². The number of hydrogen-bond acceptors (Lipinski definition) is 3. The number of carbonyl (C=O) groups is 1. The average Bonchev–Trinajstić information content (AvgIpc) is 2.42. The molecule has 1 aromatic carbocycles. The number of phenols is 1. The molecule has 1 atom stereocenters. The summed E-state index contributed by atoms with van der Waals surface area (Å²) in [4.78, 5) is 16.1. The Bertz CT molecular complexity index is 587. The molecule has 0 saturated carbocycles. The monoisotopic (exact) mass is 368 g/mol. The van der Waals surface area contributed by atoms with Crippen molar-refractivity contribution in [1.82, 2.24) is 10.3 Å². The van der Waals surface area contributed by atoms with Gasteiger partial charge in [-0.15, -0.1) is 0 Å². The van der Waals surface area contributed by atoms with E-state index in [0.717, 1.165) is 9.13 Å². The Morgan fingerprint density at radius 2 is 2.21 bits per heavy atom. The molecule has 2 aromatic rings. The first-order valence-corrected chi connectivity index (χ1v) is 6.85. The molecular formula is C14H13IN2O2. The lowest BCUT2D eigenvalue weighted by Crippen LogP contribution is -2.26. The Hall–Kier alpha value is -1.63. The van der Waals surface area contributed by atoms with Crippen molar-refractivity contribution in [3.05, 3.63) is 57.4 Å². The van der Waals surface area contributed by atoms with Gasteiger partial charge in [0.1, 0.15) is 5.75 Å². The van der Waals surface area contributed by atoms with Gasteiger partial charge in [0.05, 0.1) is 11.6 Å². The molecular weight excluding hydrogens is 355 g/mol. The van der Waals surface area contributed by atoms with E-state index >= 15 is 0 Å². The van der Waals surface area contributed by atoms with Crippen LogP contribution in [0.1, 0.15) is 28.9 Å². The molecule has 0 saturated heterocycles. The number of rotatable bonds is 3. The van der Waals surface area contributed by atoms with Gasteiger partial charge in [0.25, 0.3) is 5.91 Å².